The molecule has 4 rings (SSSR count). The first-order valence-electron chi connectivity index (χ1n) is 7.87. The van der Waals surface area contributed by atoms with Gasteiger partial charge in [-0.15, -0.1) is 0 Å². The lowest BCUT2D eigenvalue weighted by atomic mass is 10.1. The molecule has 0 unspecified atom stereocenters. The second kappa shape index (κ2) is 5.49. The summed E-state index contributed by atoms with van der Waals surface area (Å²) in [6.45, 7) is 4.10. The molecule has 0 aliphatic rings. The highest BCUT2D eigenvalue weighted by Gasteiger charge is 2.10. The zero-order chi connectivity index (χ0) is 16.7. The van der Waals surface area contributed by atoms with Crippen LogP contribution in [0.1, 0.15) is 21.6 Å². The standard InChI is InChI=1S/C20H17N3O/c1-12-13(2)22-19-8-7-15(10-17(12)19)20(24)23-16-9-14-5-3-4-6-18(14)21-11-16/h3-11,22H,1-2H3,(H,23,24). The van der Waals surface area contributed by atoms with Crippen molar-refractivity contribution in [1.82, 2.24) is 9.97 Å². The summed E-state index contributed by atoms with van der Waals surface area (Å²) in [5.74, 6) is -0.132. The average molecular weight is 315 g/mol. The first kappa shape index (κ1) is 14.5. The molecule has 4 heteroatoms. The number of H-pyrrole nitrogens is 1. The molecule has 0 saturated heterocycles. The average Bonchev–Trinajstić information content (AvgIpc) is 2.89. The van der Waals surface area contributed by atoms with Crippen LogP contribution in [0.2, 0.25) is 0 Å². The summed E-state index contributed by atoms with van der Waals surface area (Å²) in [5.41, 5.74) is 5.59. The van der Waals surface area contributed by atoms with Gasteiger partial charge in [-0.1, -0.05) is 18.2 Å². The van der Waals surface area contributed by atoms with E-state index in [0.717, 1.165) is 27.5 Å². The van der Waals surface area contributed by atoms with E-state index in [2.05, 4.69) is 22.2 Å². The number of anilines is 1. The van der Waals surface area contributed by atoms with E-state index in [0.29, 0.717) is 11.3 Å². The minimum absolute atomic E-state index is 0.132. The Morgan fingerprint density at radius 1 is 1.08 bits per heavy atom. The van der Waals surface area contributed by atoms with Crippen LogP contribution in [-0.4, -0.2) is 15.9 Å². The molecular formula is C20H17N3O. The van der Waals surface area contributed by atoms with Crippen LogP contribution >= 0.6 is 0 Å². The third-order valence-corrected chi connectivity index (χ3v) is 4.42. The minimum Gasteiger partial charge on any atom is -0.358 e. The van der Waals surface area contributed by atoms with Gasteiger partial charge in [-0.2, -0.15) is 0 Å². The third kappa shape index (κ3) is 2.42. The Labute approximate surface area is 139 Å². The first-order chi connectivity index (χ1) is 11.6. The lowest BCUT2D eigenvalue weighted by Crippen LogP contribution is -2.11. The fraction of sp³-hybridized carbons (Fsp3) is 0.100. The number of aryl methyl sites for hydroxylation is 2. The Balaban J connectivity index is 1.66. The maximum atomic E-state index is 12.6. The van der Waals surface area contributed by atoms with Crippen molar-refractivity contribution in [2.45, 2.75) is 13.8 Å². The van der Waals surface area contributed by atoms with E-state index in [-0.39, 0.29) is 5.91 Å². The highest BCUT2D eigenvalue weighted by molar-refractivity contribution is 6.07. The van der Waals surface area contributed by atoms with Crippen molar-refractivity contribution in [3.05, 3.63) is 71.5 Å². The van der Waals surface area contributed by atoms with Gasteiger partial charge in [0.25, 0.3) is 5.91 Å². The van der Waals surface area contributed by atoms with E-state index in [1.54, 1.807) is 6.20 Å². The number of rotatable bonds is 2. The Kier molecular flexibility index (Phi) is 3.31. The van der Waals surface area contributed by atoms with Gasteiger partial charge < -0.3 is 10.3 Å². The number of carbonyl (C=O) groups is 1. The van der Waals surface area contributed by atoms with Gasteiger partial charge in [0.2, 0.25) is 0 Å². The first-order valence-corrected chi connectivity index (χ1v) is 7.87. The fourth-order valence-electron chi connectivity index (χ4n) is 2.95. The van der Waals surface area contributed by atoms with Crippen LogP contribution < -0.4 is 5.32 Å². The third-order valence-electron chi connectivity index (χ3n) is 4.42. The molecule has 0 fully saturated rings. The summed E-state index contributed by atoms with van der Waals surface area (Å²) >= 11 is 0. The Morgan fingerprint density at radius 2 is 1.92 bits per heavy atom. The summed E-state index contributed by atoms with van der Waals surface area (Å²) in [6.07, 6.45) is 1.68. The zero-order valence-electron chi connectivity index (χ0n) is 13.6. The molecule has 0 aliphatic carbocycles. The van der Waals surface area contributed by atoms with E-state index in [1.165, 1.54) is 5.56 Å². The topological polar surface area (TPSA) is 57.8 Å². The van der Waals surface area contributed by atoms with E-state index in [1.807, 2.05) is 55.5 Å². The largest absolute Gasteiger partial charge is 0.358 e. The van der Waals surface area contributed by atoms with Crippen molar-refractivity contribution >= 4 is 33.4 Å². The van der Waals surface area contributed by atoms with Gasteiger partial charge in [-0.3, -0.25) is 9.78 Å². The molecule has 0 bridgehead atoms. The van der Waals surface area contributed by atoms with Gasteiger partial charge in [-0.05, 0) is 49.7 Å². The number of aromatic amines is 1. The number of hydrogen-bond acceptors (Lipinski definition) is 2. The maximum Gasteiger partial charge on any atom is 0.255 e. The highest BCUT2D eigenvalue weighted by Crippen LogP contribution is 2.23. The Hall–Kier alpha value is -3.14. The van der Waals surface area contributed by atoms with Crippen molar-refractivity contribution in [2.75, 3.05) is 5.32 Å². The lowest BCUT2D eigenvalue weighted by Gasteiger charge is -2.06. The zero-order valence-corrected chi connectivity index (χ0v) is 13.6. The summed E-state index contributed by atoms with van der Waals surface area (Å²) in [6, 6.07) is 15.5. The number of para-hydroxylation sites is 1. The van der Waals surface area contributed by atoms with E-state index in [4.69, 9.17) is 0 Å². The van der Waals surface area contributed by atoms with Crippen LogP contribution in [0.4, 0.5) is 5.69 Å². The maximum absolute atomic E-state index is 12.6. The van der Waals surface area contributed by atoms with Crippen LogP contribution in [-0.2, 0) is 0 Å². The number of aromatic nitrogens is 2. The number of carbonyl (C=O) groups excluding carboxylic acids is 1. The van der Waals surface area contributed by atoms with Gasteiger partial charge in [0.05, 0.1) is 17.4 Å². The molecule has 0 spiro atoms. The predicted octanol–water partition coefficient (Wildman–Crippen LogP) is 4.59. The summed E-state index contributed by atoms with van der Waals surface area (Å²) in [4.78, 5) is 20.3. The van der Waals surface area contributed by atoms with Crippen LogP contribution in [0.5, 0.6) is 0 Å². The summed E-state index contributed by atoms with van der Waals surface area (Å²) < 4.78 is 0. The van der Waals surface area contributed by atoms with Crippen molar-refractivity contribution in [3.8, 4) is 0 Å². The van der Waals surface area contributed by atoms with Gasteiger partial charge in [-0.25, -0.2) is 0 Å². The second-order valence-corrected chi connectivity index (χ2v) is 6.01. The lowest BCUT2D eigenvalue weighted by molar-refractivity contribution is 0.102. The monoisotopic (exact) mass is 315 g/mol. The Morgan fingerprint density at radius 3 is 2.79 bits per heavy atom. The molecule has 0 aliphatic heterocycles. The molecule has 0 atom stereocenters. The van der Waals surface area contributed by atoms with Gasteiger partial charge >= 0.3 is 0 Å². The number of fused-ring (bicyclic) bond motifs is 2. The second-order valence-electron chi connectivity index (χ2n) is 6.01. The van der Waals surface area contributed by atoms with Crippen molar-refractivity contribution in [2.24, 2.45) is 0 Å². The molecule has 118 valence electrons. The van der Waals surface area contributed by atoms with E-state index >= 15 is 0 Å². The molecule has 2 heterocycles. The molecule has 4 nitrogen and oxygen atoms in total. The quantitative estimate of drug-likeness (QED) is 0.568. The van der Waals surface area contributed by atoms with Gasteiger partial charge in [0.1, 0.15) is 0 Å². The number of nitrogens with one attached hydrogen (secondary N) is 2. The minimum atomic E-state index is -0.132. The van der Waals surface area contributed by atoms with Crippen LogP contribution in [0.25, 0.3) is 21.8 Å². The highest BCUT2D eigenvalue weighted by atomic mass is 16.1. The summed E-state index contributed by atoms with van der Waals surface area (Å²) in [5, 5.41) is 5.01. The molecule has 0 radical (unpaired) electrons. The molecule has 4 aromatic rings. The van der Waals surface area contributed by atoms with Crippen LogP contribution in [0.15, 0.2) is 54.7 Å². The van der Waals surface area contributed by atoms with Crippen molar-refractivity contribution in [1.29, 1.82) is 0 Å². The molecule has 2 N–H and O–H groups in total. The van der Waals surface area contributed by atoms with Gasteiger partial charge in [0.15, 0.2) is 0 Å². The number of benzene rings is 2. The normalized spacial score (nSPS) is 11.1. The molecule has 2 aromatic carbocycles. The molecule has 0 saturated carbocycles. The SMILES string of the molecule is Cc1[nH]c2ccc(C(=O)Nc3cnc4ccccc4c3)cc2c1C. The molecule has 2 aromatic heterocycles. The van der Waals surface area contributed by atoms with Gasteiger partial charge in [0, 0.05) is 27.5 Å². The fourth-order valence-corrected chi connectivity index (χ4v) is 2.95. The molecular weight excluding hydrogens is 298 g/mol. The Bertz CT molecular complexity index is 1080. The smallest absolute Gasteiger partial charge is 0.255 e. The van der Waals surface area contributed by atoms with Crippen molar-refractivity contribution < 1.29 is 4.79 Å². The number of nitrogens with zero attached hydrogens (tertiary/aromatic N) is 1. The number of pyridine rings is 1. The summed E-state index contributed by atoms with van der Waals surface area (Å²) in [7, 11) is 0. The van der Waals surface area contributed by atoms with E-state index in [9.17, 15) is 4.79 Å². The molecule has 1 amide bonds. The van der Waals surface area contributed by atoms with E-state index < -0.39 is 0 Å². The number of amides is 1. The van der Waals surface area contributed by atoms with Crippen LogP contribution in [0.3, 0.4) is 0 Å². The van der Waals surface area contributed by atoms with Crippen molar-refractivity contribution in [3.63, 3.8) is 0 Å². The predicted molar refractivity (Wildman–Crippen MR) is 97.5 cm³/mol. The molecule has 24 heavy (non-hydrogen) atoms. The number of hydrogen-bond donors (Lipinski definition) is 2. The van der Waals surface area contributed by atoms with Crippen LogP contribution in [0, 0.1) is 13.8 Å².